The number of halogens is 24. The van der Waals surface area contributed by atoms with E-state index in [2.05, 4.69) is 72.1 Å². The summed E-state index contributed by atoms with van der Waals surface area (Å²) in [5.41, 5.74) is -28.9. The Morgan fingerprint density at radius 3 is 0.867 bits per heavy atom. The number of hydrogen-bond donors (Lipinski definition) is 1. The van der Waals surface area contributed by atoms with Gasteiger partial charge in [0.2, 0.25) is 0 Å². The number of benzene rings is 6. The second kappa shape index (κ2) is 19.9. The largest absolute Gasteiger partial charge is 0.416 e. The molecule has 0 saturated carbocycles. The van der Waals surface area contributed by atoms with Gasteiger partial charge in [0.15, 0.2) is 18.9 Å². The zero-order valence-electron chi connectivity index (χ0n) is 36.5. The van der Waals surface area contributed by atoms with Gasteiger partial charge in [-0.15, -0.1) is 12.6 Å². The van der Waals surface area contributed by atoms with Gasteiger partial charge in [-0.25, -0.2) is 4.57 Å². The topological polar surface area (TPSA) is 3.88 Å². The van der Waals surface area contributed by atoms with Crippen LogP contribution in [0.3, 0.4) is 0 Å². The van der Waals surface area contributed by atoms with Crippen molar-refractivity contribution in [1.82, 2.24) is 0 Å². The summed E-state index contributed by atoms with van der Waals surface area (Å²) >= 11 is 4.38. The highest BCUT2D eigenvalue weighted by molar-refractivity contribution is 7.80. The lowest BCUT2D eigenvalue weighted by Gasteiger charge is -2.46. The van der Waals surface area contributed by atoms with Gasteiger partial charge >= 0.3 is 49.4 Å². The number of aromatic nitrogens is 1. The highest BCUT2D eigenvalue weighted by Gasteiger charge is 2.47. The summed E-state index contributed by atoms with van der Waals surface area (Å²) in [4.78, 5) is 1.000. The molecule has 0 saturated heterocycles. The summed E-state index contributed by atoms with van der Waals surface area (Å²) < 4.78 is 343. The molecule has 1 heterocycles. The van der Waals surface area contributed by atoms with Gasteiger partial charge in [0.05, 0.1) is 44.5 Å². The van der Waals surface area contributed by atoms with Crippen molar-refractivity contribution in [3.8, 4) is 0 Å². The van der Waals surface area contributed by atoms with E-state index >= 15 is 0 Å². The Morgan fingerprint density at radius 2 is 0.600 bits per heavy atom. The van der Waals surface area contributed by atoms with Crippen molar-refractivity contribution in [1.29, 1.82) is 0 Å². The molecule has 0 bridgehead atoms. The van der Waals surface area contributed by atoms with Crippen LogP contribution in [-0.4, -0.2) is 6.15 Å². The number of pyridine rings is 1. The van der Waals surface area contributed by atoms with Gasteiger partial charge in [0.25, 0.3) is 0 Å². The molecule has 0 amide bonds. The fourth-order valence-corrected chi connectivity index (χ4v) is 8.40. The monoisotopic (exact) mass is 1120 g/mol. The molecule has 400 valence electrons. The van der Waals surface area contributed by atoms with Gasteiger partial charge in [-0.3, -0.25) is 0 Å². The first-order valence-corrected chi connectivity index (χ1v) is 21.0. The lowest BCUT2D eigenvalue weighted by atomic mass is 9.12. The molecule has 0 unspecified atom stereocenters. The van der Waals surface area contributed by atoms with Gasteiger partial charge in [0.1, 0.15) is 6.15 Å². The molecular formula is C48H26BF24NS. The second-order valence-electron chi connectivity index (χ2n) is 16.6. The van der Waals surface area contributed by atoms with Crippen molar-refractivity contribution in [2.45, 2.75) is 60.9 Å². The van der Waals surface area contributed by atoms with E-state index in [0.717, 1.165) is 11.4 Å². The predicted molar refractivity (Wildman–Crippen MR) is 227 cm³/mol. The van der Waals surface area contributed by atoms with Crippen LogP contribution in [0.1, 0.15) is 50.1 Å². The van der Waals surface area contributed by atoms with Crippen LogP contribution in [0, 0.1) is 0 Å². The number of rotatable bonds is 6. The molecule has 0 N–H and O–H groups in total. The second-order valence-corrected chi connectivity index (χ2v) is 17.2. The van der Waals surface area contributed by atoms with E-state index in [-0.39, 0.29) is 0 Å². The molecule has 7 aromatic rings. The summed E-state index contributed by atoms with van der Waals surface area (Å²) in [6.07, 6.45) is -50.5. The number of hydrogen-bond acceptors (Lipinski definition) is 1. The minimum Gasteiger partial charge on any atom is -0.200 e. The molecule has 0 spiro atoms. The Hall–Kier alpha value is -6.54. The predicted octanol–water partition coefficient (Wildman–Crippen LogP) is 14.7. The number of thiol groups is 1. The Bertz CT molecular complexity index is 2760. The van der Waals surface area contributed by atoms with Crippen LogP contribution in [0.2, 0.25) is 0 Å². The summed E-state index contributed by atoms with van der Waals surface area (Å²) in [6.45, 7) is 0.896. The van der Waals surface area contributed by atoms with Crippen molar-refractivity contribution < 1.29 is 110 Å². The Labute approximate surface area is 411 Å². The third-order valence-electron chi connectivity index (χ3n) is 11.5. The fourth-order valence-electron chi connectivity index (χ4n) is 8.19. The molecule has 0 aliphatic rings. The maximum Gasteiger partial charge on any atom is 0.416 e. The average Bonchev–Trinajstić information content (AvgIpc) is 3.27. The van der Waals surface area contributed by atoms with Crippen molar-refractivity contribution in [3.63, 3.8) is 0 Å². The summed E-state index contributed by atoms with van der Waals surface area (Å²) in [6, 6.07) is 10.0. The van der Waals surface area contributed by atoms with Crippen molar-refractivity contribution in [2.24, 2.45) is 0 Å². The Morgan fingerprint density at radius 1 is 0.320 bits per heavy atom. The lowest BCUT2D eigenvalue weighted by Crippen LogP contribution is -2.75. The first kappa shape index (κ1) is 57.7. The summed E-state index contributed by atoms with van der Waals surface area (Å²) in [5, 5.41) is 2.47. The molecular weight excluding hydrogens is 1090 g/mol. The van der Waals surface area contributed by atoms with Gasteiger partial charge in [-0.2, -0.15) is 127 Å². The van der Waals surface area contributed by atoms with Crippen LogP contribution in [0.15, 0.2) is 145 Å². The van der Waals surface area contributed by atoms with E-state index in [1.165, 1.54) is 16.3 Å². The van der Waals surface area contributed by atoms with Crippen molar-refractivity contribution >= 4 is 51.4 Å². The summed E-state index contributed by atoms with van der Waals surface area (Å²) in [7, 11) is 0. The molecule has 75 heavy (non-hydrogen) atoms. The fraction of sp³-hybridized carbons (Fsp3) is 0.188. The van der Waals surface area contributed by atoms with Gasteiger partial charge in [-0.05, 0) is 41.8 Å². The minimum absolute atomic E-state index is 0.691. The molecule has 0 atom stereocenters. The molecule has 27 heteroatoms. The molecule has 0 aliphatic carbocycles. The van der Waals surface area contributed by atoms with Gasteiger partial charge in [-0.1, -0.05) is 84.9 Å². The van der Waals surface area contributed by atoms with Crippen LogP contribution >= 0.6 is 12.6 Å². The van der Waals surface area contributed by atoms with Gasteiger partial charge in [0, 0.05) is 21.9 Å². The third kappa shape index (κ3) is 13.3. The molecule has 0 fully saturated rings. The van der Waals surface area contributed by atoms with Crippen LogP contribution in [0.4, 0.5) is 105 Å². The number of alkyl halides is 24. The molecule has 1 nitrogen and oxygen atoms in total. The smallest absolute Gasteiger partial charge is 0.200 e. The summed E-state index contributed by atoms with van der Waals surface area (Å²) in [5.74, 6) is 0. The molecule has 0 radical (unpaired) electrons. The average molecular weight is 1120 g/mol. The van der Waals surface area contributed by atoms with E-state index in [0.29, 0.717) is 0 Å². The van der Waals surface area contributed by atoms with Crippen LogP contribution in [-0.2, 0) is 56.0 Å². The van der Waals surface area contributed by atoms with Crippen LogP contribution in [0.5, 0.6) is 0 Å². The quantitative estimate of drug-likeness (QED) is 0.0732. The number of nitrogens with zero attached hydrogens (tertiary/aromatic N) is 1. The Kier molecular flexibility index (Phi) is 15.3. The minimum atomic E-state index is -6.13. The van der Waals surface area contributed by atoms with E-state index in [1.54, 1.807) is 0 Å². The molecule has 1 aromatic heterocycles. The normalized spacial score (nSPS) is 13.5. The standard InChI is InChI=1S/C32H12BF24.C16H13NS/c34-25(35,36)13-1-14(26(37,38)39)6-21(5-13)33(22-7-15(27(40,41)42)2-16(8-22)28(43,44)45,23-9-17(29(46,47)48)3-18(10-23)30(49,50)51)24-11-19(31(52,53)54)4-20(12-24)32(55,56)57;18-16-7-6-14-8-9-17(12-15(14)10-16)11-13-4-2-1-3-5-13/h1-12H;1-10,12H,11H2/q-1;/p+1. The van der Waals surface area contributed by atoms with Crippen LogP contribution < -0.4 is 26.4 Å². The zero-order chi connectivity index (χ0) is 56.3. The van der Waals surface area contributed by atoms with Crippen molar-refractivity contribution in [3.05, 3.63) is 190 Å². The van der Waals surface area contributed by atoms with E-state index in [1.807, 2.05) is 12.1 Å². The van der Waals surface area contributed by atoms with Gasteiger partial charge < -0.3 is 0 Å². The highest BCUT2D eigenvalue weighted by atomic mass is 32.1. The molecule has 6 aromatic carbocycles. The van der Waals surface area contributed by atoms with E-state index in [9.17, 15) is 105 Å². The maximum absolute atomic E-state index is 14.2. The first-order chi connectivity index (χ1) is 34.1. The van der Waals surface area contributed by atoms with Crippen molar-refractivity contribution in [2.75, 3.05) is 0 Å². The SMILES string of the molecule is FC(F)(F)c1cc([B-](c2cc(C(F)(F)F)cc(C(F)(F)F)c2)(c2cc(C(F)(F)F)cc(C(F)(F)F)c2)c2cc(C(F)(F)F)cc(C(F)(F)F)c2)cc(C(F)(F)F)c1.Sc1ccc2cc[n+](Cc3ccccc3)cc2c1. The Balaban J connectivity index is 0.000000421. The molecule has 7 rings (SSSR count). The molecule has 0 aliphatic heterocycles. The number of fused-ring (bicyclic) bond motifs is 1. The first-order valence-electron chi connectivity index (χ1n) is 20.6. The van der Waals surface area contributed by atoms with E-state index in [4.69, 9.17) is 0 Å². The zero-order valence-corrected chi connectivity index (χ0v) is 37.4. The lowest BCUT2D eigenvalue weighted by molar-refractivity contribution is -0.687. The highest BCUT2D eigenvalue weighted by Crippen LogP contribution is 2.41. The third-order valence-corrected chi connectivity index (χ3v) is 11.7. The van der Waals surface area contributed by atoms with Crippen LogP contribution in [0.25, 0.3) is 10.8 Å². The van der Waals surface area contributed by atoms with E-state index < -0.39 is 195 Å². The maximum atomic E-state index is 14.2.